The third-order valence-electron chi connectivity index (χ3n) is 17.1. The van der Waals surface area contributed by atoms with Crippen LogP contribution in [0.4, 0.5) is 0 Å². The number of carbonyl (C=O) groups excluding carboxylic acids is 4. The minimum Gasteiger partial charge on any atom is -0.465 e. The van der Waals surface area contributed by atoms with Crippen LogP contribution < -0.4 is 0 Å². The van der Waals surface area contributed by atoms with Gasteiger partial charge in [-0.05, 0) is 104 Å². The van der Waals surface area contributed by atoms with Gasteiger partial charge in [-0.1, -0.05) is 208 Å². The first-order chi connectivity index (χ1) is 42.7. The van der Waals surface area contributed by atoms with Gasteiger partial charge in [-0.25, -0.2) is 0 Å². The van der Waals surface area contributed by atoms with Crippen molar-refractivity contribution in [2.24, 2.45) is 17.8 Å². The molecule has 0 aromatic heterocycles. The van der Waals surface area contributed by atoms with E-state index < -0.39 is 6.10 Å². The Kier molecular flexibility index (Phi) is 60.5. The van der Waals surface area contributed by atoms with Crippen molar-refractivity contribution in [3.63, 3.8) is 0 Å². The van der Waals surface area contributed by atoms with E-state index in [1.54, 1.807) is 0 Å². The second kappa shape index (κ2) is 63.7. The fourth-order valence-corrected chi connectivity index (χ4v) is 11.3. The Morgan fingerprint density at radius 1 is 0.368 bits per heavy atom. The highest BCUT2D eigenvalue weighted by Gasteiger charge is 2.27. The molecule has 1 heterocycles. The summed E-state index contributed by atoms with van der Waals surface area (Å²) in [6.07, 6.45) is 42.7. The van der Waals surface area contributed by atoms with Crippen LogP contribution in [0, 0.1) is 17.8 Å². The van der Waals surface area contributed by atoms with E-state index >= 15 is 0 Å². The van der Waals surface area contributed by atoms with Crippen molar-refractivity contribution in [3.05, 3.63) is 0 Å². The van der Waals surface area contributed by atoms with Crippen LogP contribution in [0.25, 0.3) is 0 Å². The summed E-state index contributed by atoms with van der Waals surface area (Å²) >= 11 is 0. The van der Waals surface area contributed by atoms with E-state index in [4.69, 9.17) is 42.6 Å². The Morgan fingerprint density at radius 3 is 1.17 bits per heavy atom. The second-order valence-electron chi connectivity index (χ2n) is 25.1. The molecule has 15 heteroatoms. The third-order valence-corrected chi connectivity index (χ3v) is 17.1. The maximum absolute atomic E-state index is 14.5. The molecule has 0 bridgehead atoms. The Bertz CT molecular complexity index is 1520. The summed E-state index contributed by atoms with van der Waals surface area (Å²) in [5.74, 6) is -0.168. The predicted molar refractivity (Wildman–Crippen MR) is 354 cm³/mol. The molecule has 3 unspecified atom stereocenters. The molecule has 0 saturated carbocycles. The van der Waals surface area contributed by atoms with Gasteiger partial charge in [-0.15, -0.1) is 0 Å². The van der Waals surface area contributed by atoms with Crippen molar-refractivity contribution >= 4 is 23.8 Å². The third kappa shape index (κ3) is 50.9. The van der Waals surface area contributed by atoms with Gasteiger partial charge >= 0.3 is 17.9 Å². The van der Waals surface area contributed by atoms with E-state index in [1.165, 1.54) is 122 Å². The first-order valence-electron chi connectivity index (χ1n) is 36.7. The SMILES string of the molecule is CCCCCCCCC(CCCCCC)C(=O)OCCCCCCOCC(OCCCCCCOC(=O)C(CCCCCC)CCCCCCCC)C(=O)N(CCCCCCCC)CCOCCOCCOCCOCCOC(=O)C1CCN(C)CC1. The average molecular weight is 1240 g/mol. The van der Waals surface area contributed by atoms with Crippen molar-refractivity contribution in [2.75, 3.05) is 126 Å². The molecule has 1 saturated heterocycles. The Morgan fingerprint density at radius 2 is 0.724 bits per heavy atom. The summed E-state index contributed by atoms with van der Waals surface area (Å²) in [5, 5.41) is 0. The highest BCUT2D eigenvalue weighted by atomic mass is 16.6. The number of ether oxygens (including phenoxy) is 9. The number of hydrogen-bond acceptors (Lipinski definition) is 14. The number of hydrogen-bond donors (Lipinski definition) is 0. The van der Waals surface area contributed by atoms with Gasteiger partial charge in [0.05, 0.1) is 90.4 Å². The Labute approximate surface area is 534 Å². The zero-order chi connectivity index (χ0) is 63.1. The first kappa shape index (κ1) is 82.6. The molecule has 1 rings (SSSR count). The Hall–Kier alpha value is -2.40. The van der Waals surface area contributed by atoms with Crippen LogP contribution in [0.15, 0.2) is 0 Å². The van der Waals surface area contributed by atoms with Crippen LogP contribution in [0.5, 0.6) is 0 Å². The molecule has 87 heavy (non-hydrogen) atoms. The van der Waals surface area contributed by atoms with Crippen LogP contribution in [0.3, 0.4) is 0 Å². The van der Waals surface area contributed by atoms with Gasteiger partial charge in [0.25, 0.3) is 5.91 Å². The fraction of sp³-hybridized carbons (Fsp3) is 0.944. The number of esters is 3. The summed E-state index contributed by atoms with van der Waals surface area (Å²) in [5.41, 5.74) is 0. The maximum atomic E-state index is 14.5. The van der Waals surface area contributed by atoms with Crippen molar-refractivity contribution in [3.8, 4) is 0 Å². The van der Waals surface area contributed by atoms with Gasteiger partial charge < -0.3 is 52.4 Å². The Balaban J connectivity index is 2.73. The summed E-state index contributed by atoms with van der Waals surface area (Å²) in [4.78, 5) is 57.4. The van der Waals surface area contributed by atoms with Crippen molar-refractivity contribution < 1.29 is 61.8 Å². The van der Waals surface area contributed by atoms with Crippen molar-refractivity contribution in [1.82, 2.24) is 9.80 Å². The monoisotopic (exact) mass is 1240 g/mol. The lowest BCUT2D eigenvalue weighted by Gasteiger charge is -2.28. The highest BCUT2D eigenvalue weighted by molar-refractivity contribution is 5.81. The average Bonchev–Trinajstić information content (AvgIpc) is 3.72. The topological polar surface area (TPSA) is 158 Å². The van der Waals surface area contributed by atoms with Gasteiger partial charge in [0.2, 0.25) is 0 Å². The summed E-state index contributed by atoms with van der Waals surface area (Å²) in [6, 6.07) is 0. The molecule has 15 nitrogen and oxygen atoms in total. The number of likely N-dealkylation sites (tertiary alicyclic amines) is 1. The molecule has 1 aliphatic rings. The lowest BCUT2D eigenvalue weighted by molar-refractivity contribution is -0.152. The second-order valence-corrected chi connectivity index (χ2v) is 25.1. The molecule has 1 aliphatic heterocycles. The number of nitrogens with zero attached hydrogens (tertiary/aromatic N) is 2. The fourth-order valence-electron chi connectivity index (χ4n) is 11.3. The standard InChI is InChI=1S/C72H138N2O13/c1-7-12-17-22-25-34-43-65(41-32-20-15-10-4)70(76)85-53-39-29-28-37-51-83-64-68(84-52-38-30-31-40-54-86-71(77)66(42-33-21-16-11-5)44-35-26-23-18-13-8-2)69(75)74(47-36-27-24-19-14-9-3)50-55-79-56-57-80-58-59-81-60-61-82-62-63-87-72(78)67-45-48-73(6)49-46-67/h65-68H,7-64H2,1-6H3. The molecule has 0 N–H and O–H groups in total. The number of carbonyl (C=O) groups is 4. The molecule has 0 aromatic carbocycles. The first-order valence-corrected chi connectivity index (χ1v) is 36.7. The van der Waals surface area contributed by atoms with Crippen LogP contribution in [-0.4, -0.2) is 165 Å². The van der Waals surface area contributed by atoms with Gasteiger partial charge in [0.1, 0.15) is 6.61 Å². The minimum absolute atomic E-state index is 0.00487. The van der Waals surface area contributed by atoms with Crippen molar-refractivity contribution in [1.29, 1.82) is 0 Å². The lowest BCUT2D eigenvalue weighted by atomic mass is 9.94. The largest absolute Gasteiger partial charge is 0.465 e. The molecule has 1 fully saturated rings. The molecule has 3 atom stereocenters. The van der Waals surface area contributed by atoms with Crippen LogP contribution in [0.1, 0.15) is 291 Å². The zero-order valence-corrected chi connectivity index (χ0v) is 57.5. The molecule has 514 valence electrons. The van der Waals surface area contributed by atoms with Gasteiger partial charge in [-0.2, -0.15) is 0 Å². The lowest BCUT2D eigenvalue weighted by Crippen LogP contribution is -2.45. The quantitative estimate of drug-likeness (QED) is 0.0322. The van der Waals surface area contributed by atoms with E-state index in [1.807, 2.05) is 4.90 Å². The molecule has 0 radical (unpaired) electrons. The zero-order valence-electron chi connectivity index (χ0n) is 57.5. The molecule has 0 aromatic rings. The number of piperidine rings is 1. The molecular weight excluding hydrogens is 1100 g/mol. The van der Waals surface area contributed by atoms with Gasteiger partial charge in [0.15, 0.2) is 6.10 Å². The smallest absolute Gasteiger partial charge is 0.309 e. The van der Waals surface area contributed by atoms with E-state index in [0.717, 1.165) is 148 Å². The van der Waals surface area contributed by atoms with Crippen LogP contribution in [-0.2, 0) is 61.8 Å². The van der Waals surface area contributed by atoms with E-state index in [-0.39, 0.29) is 54.8 Å². The highest BCUT2D eigenvalue weighted by Crippen LogP contribution is 2.23. The predicted octanol–water partition coefficient (Wildman–Crippen LogP) is 16.4. The molecule has 0 aliphatic carbocycles. The number of amides is 1. The minimum atomic E-state index is -0.724. The number of unbranched alkanes of at least 4 members (excludes halogenated alkanes) is 27. The van der Waals surface area contributed by atoms with Crippen molar-refractivity contribution in [2.45, 2.75) is 298 Å². The summed E-state index contributed by atoms with van der Waals surface area (Å²) in [7, 11) is 2.08. The molecule has 1 amide bonds. The molecule has 0 spiro atoms. The summed E-state index contributed by atoms with van der Waals surface area (Å²) < 4.78 is 52.8. The van der Waals surface area contributed by atoms with E-state index in [9.17, 15) is 19.2 Å². The maximum Gasteiger partial charge on any atom is 0.309 e. The summed E-state index contributed by atoms with van der Waals surface area (Å²) in [6.45, 7) is 19.7. The number of rotatable bonds is 67. The van der Waals surface area contributed by atoms with Gasteiger partial charge in [0, 0.05) is 26.3 Å². The van der Waals surface area contributed by atoms with Gasteiger partial charge in [-0.3, -0.25) is 19.2 Å². The van der Waals surface area contributed by atoms with E-state index in [0.29, 0.717) is 92.4 Å². The van der Waals surface area contributed by atoms with Crippen LogP contribution >= 0.6 is 0 Å². The normalized spacial score (nSPS) is 14.1. The molecular formula is C72H138N2O13. The van der Waals surface area contributed by atoms with E-state index in [2.05, 4.69) is 46.6 Å². The van der Waals surface area contributed by atoms with Crippen LogP contribution in [0.2, 0.25) is 0 Å².